The average molecular weight is 255 g/mol. The molecule has 4 heteroatoms. The van der Waals surface area contributed by atoms with Gasteiger partial charge < -0.3 is 4.74 Å². The number of carbonyl (C=O) groups excluding carboxylic acids is 1. The van der Waals surface area contributed by atoms with E-state index in [-0.39, 0.29) is 17.9 Å². The molecule has 2 unspecified atom stereocenters. The Bertz CT molecular complexity index is 362. The quantitative estimate of drug-likeness (QED) is 0.794. The number of ether oxygens (including phenoxy) is 1. The molecule has 1 aromatic heterocycles. The number of hydrogen-bond acceptors (Lipinski definition) is 4. The molecule has 0 radical (unpaired) electrons. The summed E-state index contributed by atoms with van der Waals surface area (Å²) in [5.41, 5.74) is 0. The lowest BCUT2D eigenvalue weighted by atomic mass is 9.99. The minimum absolute atomic E-state index is 0.173. The van der Waals surface area contributed by atoms with Gasteiger partial charge in [0.25, 0.3) is 0 Å². The monoisotopic (exact) mass is 255 g/mol. The first-order valence-electron chi connectivity index (χ1n) is 5.95. The van der Waals surface area contributed by atoms with Gasteiger partial charge in [0.15, 0.2) is 0 Å². The summed E-state index contributed by atoms with van der Waals surface area (Å²) in [6, 6.07) is 3.98. The minimum atomic E-state index is -0.215. The van der Waals surface area contributed by atoms with Crippen LogP contribution in [0.25, 0.3) is 0 Å². The van der Waals surface area contributed by atoms with E-state index in [1.807, 2.05) is 0 Å². The van der Waals surface area contributed by atoms with Crippen LogP contribution < -0.4 is 5.32 Å². The molecule has 0 spiro atoms. The number of carbonyl (C=O) groups is 1. The number of methoxy groups -OCH3 is 1. The van der Waals surface area contributed by atoms with E-state index in [0.29, 0.717) is 0 Å². The normalized spacial score (nSPS) is 14.4. The minimum Gasteiger partial charge on any atom is -0.468 e. The SMILES string of the molecule is CCC(C)C(NCc1ccc(C)s1)C(=O)OC. The van der Waals surface area contributed by atoms with Gasteiger partial charge in [0.1, 0.15) is 6.04 Å². The highest BCUT2D eigenvalue weighted by Crippen LogP contribution is 2.16. The van der Waals surface area contributed by atoms with Crippen molar-refractivity contribution < 1.29 is 9.53 Å². The molecule has 1 N–H and O–H groups in total. The van der Waals surface area contributed by atoms with Crippen LogP contribution in [0.2, 0.25) is 0 Å². The van der Waals surface area contributed by atoms with Gasteiger partial charge in [-0.15, -0.1) is 11.3 Å². The molecule has 1 rings (SSSR count). The number of aryl methyl sites for hydroxylation is 1. The highest BCUT2D eigenvalue weighted by molar-refractivity contribution is 7.11. The highest BCUT2D eigenvalue weighted by atomic mass is 32.1. The molecule has 0 fully saturated rings. The largest absolute Gasteiger partial charge is 0.468 e. The lowest BCUT2D eigenvalue weighted by molar-refractivity contribution is -0.144. The standard InChI is InChI=1S/C13H21NO2S/c1-5-9(2)12(13(15)16-4)14-8-11-7-6-10(3)17-11/h6-7,9,12,14H,5,8H2,1-4H3. The Balaban J connectivity index is 2.57. The Kier molecular flexibility index (Phi) is 5.65. The van der Waals surface area contributed by atoms with Crippen LogP contribution in [0.4, 0.5) is 0 Å². The Labute approximate surface area is 107 Å². The average Bonchev–Trinajstić information content (AvgIpc) is 2.74. The zero-order chi connectivity index (χ0) is 12.8. The zero-order valence-corrected chi connectivity index (χ0v) is 11.8. The predicted octanol–water partition coefficient (Wildman–Crippen LogP) is 2.73. The van der Waals surface area contributed by atoms with Crippen molar-refractivity contribution in [1.82, 2.24) is 5.32 Å². The van der Waals surface area contributed by atoms with Gasteiger partial charge >= 0.3 is 5.97 Å². The first-order chi connectivity index (χ1) is 8.08. The molecule has 96 valence electrons. The van der Waals surface area contributed by atoms with Crippen LogP contribution in [0.15, 0.2) is 12.1 Å². The van der Waals surface area contributed by atoms with Crippen molar-refractivity contribution in [3.8, 4) is 0 Å². The number of nitrogens with one attached hydrogen (secondary N) is 1. The van der Waals surface area contributed by atoms with Crippen molar-refractivity contribution in [3.63, 3.8) is 0 Å². The maximum Gasteiger partial charge on any atom is 0.323 e. The van der Waals surface area contributed by atoms with E-state index in [4.69, 9.17) is 4.74 Å². The van der Waals surface area contributed by atoms with Crippen LogP contribution in [0.3, 0.4) is 0 Å². The topological polar surface area (TPSA) is 38.3 Å². The lowest BCUT2D eigenvalue weighted by Gasteiger charge is -2.21. The second kappa shape index (κ2) is 6.77. The second-order valence-corrected chi connectivity index (χ2v) is 5.65. The van der Waals surface area contributed by atoms with Crippen molar-refractivity contribution in [3.05, 3.63) is 21.9 Å². The molecule has 2 atom stereocenters. The van der Waals surface area contributed by atoms with Crippen LogP contribution in [-0.4, -0.2) is 19.1 Å². The van der Waals surface area contributed by atoms with Gasteiger partial charge in [-0.1, -0.05) is 20.3 Å². The molecular formula is C13H21NO2S. The summed E-state index contributed by atoms with van der Waals surface area (Å²) >= 11 is 1.75. The van der Waals surface area contributed by atoms with Crippen LogP contribution in [0, 0.1) is 12.8 Å². The van der Waals surface area contributed by atoms with Crippen LogP contribution in [-0.2, 0) is 16.1 Å². The molecule has 0 bridgehead atoms. The summed E-state index contributed by atoms with van der Waals surface area (Å²) in [7, 11) is 1.44. The summed E-state index contributed by atoms with van der Waals surface area (Å²) in [4.78, 5) is 14.2. The summed E-state index contributed by atoms with van der Waals surface area (Å²) < 4.78 is 4.83. The Hall–Kier alpha value is -0.870. The van der Waals surface area contributed by atoms with E-state index in [1.54, 1.807) is 11.3 Å². The Morgan fingerprint density at radius 2 is 2.24 bits per heavy atom. The number of thiophene rings is 1. The van der Waals surface area contributed by atoms with Crippen molar-refractivity contribution in [2.45, 2.75) is 39.8 Å². The molecule has 0 amide bonds. The van der Waals surface area contributed by atoms with Gasteiger partial charge in [0.2, 0.25) is 0 Å². The predicted molar refractivity (Wildman–Crippen MR) is 71.2 cm³/mol. The maximum absolute atomic E-state index is 11.7. The van der Waals surface area contributed by atoms with Gasteiger partial charge in [-0.25, -0.2) is 0 Å². The first-order valence-corrected chi connectivity index (χ1v) is 6.76. The first kappa shape index (κ1) is 14.2. The van der Waals surface area contributed by atoms with E-state index >= 15 is 0 Å². The van der Waals surface area contributed by atoms with E-state index in [9.17, 15) is 4.79 Å². The molecule has 3 nitrogen and oxygen atoms in total. The van der Waals surface area contributed by atoms with Crippen LogP contribution in [0.1, 0.15) is 30.0 Å². The fourth-order valence-corrected chi connectivity index (χ4v) is 2.51. The van der Waals surface area contributed by atoms with E-state index in [1.165, 1.54) is 16.9 Å². The Morgan fingerprint density at radius 3 is 2.71 bits per heavy atom. The second-order valence-electron chi connectivity index (χ2n) is 4.28. The van der Waals surface area contributed by atoms with Crippen molar-refractivity contribution in [2.24, 2.45) is 5.92 Å². The summed E-state index contributed by atoms with van der Waals surface area (Å²) in [6.07, 6.45) is 0.955. The molecule has 0 saturated carbocycles. The van der Waals surface area contributed by atoms with Crippen molar-refractivity contribution in [1.29, 1.82) is 0 Å². The van der Waals surface area contributed by atoms with E-state index in [0.717, 1.165) is 13.0 Å². The molecule has 1 heterocycles. The Morgan fingerprint density at radius 1 is 1.53 bits per heavy atom. The number of esters is 1. The third kappa shape index (κ3) is 4.13. The summed E-state index contributed by atoms with van der Waals surface area (Å²) in [6.45, 7) is 6.95. The van der Waals surface area contributed by atoms with Crippen molar-refractivity contribution in [2.75, 3.05) is 7.11 Å². The van der Waals surface area contributed by atoms with E-state index in [2.05, 4.69) is 38.2 Å². The summed E-state index contributed by atoms with van der Waals surface area (Å²) in [5.74, 6) is 0.108. The smallest absolute Gasteiger partial charge is 0.323 e. The zero-order valence-electron chi connectivity index (χ0n) is 10.9. The third-order valence-electron chi connectivity index (χ3n) is 2.96. The molecular weight excluding hydrogens is 234 g/mol. The van der Waals surface area contributed by atoms with E-state index < -0.39 is 0 Å². The molecule has 0 aliphatic carbocycles. The van der Waals surface area contributed by atoms with Gasteiger partial charge in [-0.3, -0.25) is 10.1 Å². The summed E-state index contributed by atoms with van der Waals surface area (Å²) in [5, 5.41) is 3.29. The molecule has 0 saturated heterocycles. The fourth-order valence-electron chi connectivity index (χ4n) is 1.67. The lowest BCUT2D eigenvalue weighted by Crippen LogP contribution is -2.42. The molecule has 0 aliphatic rings. The van der Waals surface area contributed by atoms with Gasteiger partial charge in [-0.05, 0) is 25.0 Å². The number of rotatable bonds is 6. The fraction of sp³-hybridized carbons (Fsp3) is 0.615. The van der Waals surface area contributed by atoms with Crippen LogP contribution in [0.5, 0.6) is 0 Å². The van der Waals surface area contributed by atoms with Crippen LogP contribution >= 0.6 is 11.3 Å². The third-order valence-corrected chi connectivity index (χ3v) is 3.96. The molecule has 0 aromatic carbocycles. The highest BCUT2D eigenvalue weighted by Gasteiger charge is 2.24. The van der Waals surface area contributed by atoms with Gasteiger partial charge in [-0.2, -0.15) is 0 Å². The molecule has 17 heavy (non-hydrogen) atoms. The van der Waals surface area contributed by atoms with Gasteiger partial charge in [0, 0.05) is 16.3 Å². The maximum atomic E-state index is 11.7. The van der Waals surface area contributed by atoms with Crippen molar-refractivity contribution >= 4 is 17.3 Å². The number of hydrogen-bond donors (Lipinski definition) is 1. The van der Waals surface area contributed by atoms with Gasteiger partial charge in [0.05, 0.1) is 7.11 Å². The molecule has 0 aliphatic heterocycles. The molecule has 1 aromatic rings.